The van der Waals surface area contributed by atoms with Crippen LogP contribution in [-0.2, 0) is 9.53 Å². The van der Waals surface area contributed by atoms with E-state index in [1.807, 2.05) is 0 Å². The summed E-state index contributed by atoms with van der Waals surface area (Å²) >= 11 is 5.49. The third-order valence-corrected chi connectivity index (χ3v) is 1.81. The highest BCUT2D eigenvalue weighted by Crippen LogP contribution is 2.09. The van der Waals surface area contributed by atoms with Gasteiger partial charge >= 0.3 is 6.09 Å². The average Bonchev–Trinajstić information content (AvgIpc) is 2.09. The predicted octanol–water partition coefficient (Wildman–Crippen LogP) is 2.40. The van der Waals surface area contributed by atoms with E-state index in [0.29, 0.717) is 25.3 Å². The van der Waals surface area contributed by atoms with Crippen LogP contribution in [0.25, 0.3) is 0 Å². The number of ether oxygens (including phenoxy) is 1. The number of halogens is 1. The Kier molecular flexibility index (Phi) is 6.32. The number of hydrogen-bond donors (Lipinski definition) is 0. The van der Waals surface area contributed by atoms with Crippen LogP contribution in [-0.4, -0.2) is 35.4 Å². The van der Waals surface area contributed by atoms with Gasteiger partial charge in [0.25, 0.3) is 0 Å². The van der Waals surface area contributed by atoms with E-state index in [1.54, 1.807) is 20.8 Å². The molecule has 4 nitrogen and oxygen atoms in total. The molecule has 0 aliphatic carbocycles. The van der Waals surface area contributed by atoms with Crippen molar-refractivity contribution in [1.82, 2.24) is 4.90 Å². The van der Waals surface area contributed by atoms with Gasteiger partial charge < -0.3 is 4.74 Å². The number of nitrogens with zero attached hydrogens (tertiary/aromatic N) is 1. The number of hydrogen-bond acceptors (Lipinski definition) is 3. The first-order chi connectivity index (χ1) is 6.90. The summed E-state index contributed by atoms with van der Waals surface area (Å²) in [6, 6.07) is 0. The maximum absolute atomic E-state index is 11.4. The zero-order valence-electron chi connectivity index (χ0n) is 9.46. The number of alkyl halides is 1. The SMILES string of the molecule is CC(C)(C)OC(=O)N(C=O)CCCCCl. The lowest BCUT2D eigenvalue weighted by atomic mass is 10.2. The first-order valence-corrected chi connectivity index (χ1v) is 5.45. The number of carbonyl (C=O) groups excluding carboxylic acids is 2. The number of rotatable bonds is 5. The topological polar surface area (TPSA) is 46.6 Å². The van der Waals surface area contributed by atoms with E-state index < -0.39 is 11.7 Å². The third-order valence-electron chi connectivity index (χ3n) is 1.54. The summed E-state index contributed by atoms with van der Waals surface area (Å²) in [6.07, 6.45) is 1.35. The Labute approximate surface area is 95.5 Å². The van der Waals surface area contributed by atoms with Gasteiger partial charge in [0, 0.05) is 12.4 Å². The lowest BCUT2D eigenvalue weighted by molar-refractivity contribution is -0.117. The quantitative estimate of drug-likeness (QED) is 0.418. The molecule has 0 saturated carbocycles. The molecule has 0 aliphatic rings. The highest BCUT2D eigenvalue weighted by molar-refractivity contribution is 6.17. The molecular weight excluding hydrogens is 218 g/mol. The normalized spacial score (nSPS) is 10.9. The van der Waals surface area contributed by atoms with Crippen LogP contribution < -0.4 is 0 Å². The predicted molar refractivity (Wildman–Crippen MR) is 59.0 cm³/mol. The zero-order valence-corrected chi connectivity index (χ0v) is 10.2. The molecule has 15 heavy (non-hydrogen) atoms. The maximum Gasteiger partial charge on any atom is 0.416 e. The maximum atomic E-state index is 11.4. The Morgan fingerprint density at radius 1 is 1.40 bits per heavy atom. The third kappa shape index (κ3) is 7.19. The van der Waals surface area contributed by atoms with E-state index in [1.165, 1.54) is 0 Å². The van der Waals surface area contributed by atoms with Gasteiger partial charge in [-0.3, -0.25) is 9.69 Å². The van der Waals surface area contributed by atoms with Gasteiger partial charge in [-0.25, -0.2) is 4.79 Å². The standard InChI is InChI=1S/C10H18ClNO3/c1-10(2,3)15-9(14)12(8-13)7-5-4-6-11/h8H,4-7H2,1-3H3. The number of unbranched alkanes of at least 4 members (excludes halogenated alkanes) is 1. The van der Waals surface area contributed by atoms with Crippen LogP contribution in [0.15, 0.2) is 0 Å². The van der Waals surface area contributed by atoms with Crippen LogP contribution in [0.5, 0.6) is 0 Å². The molecule has 0 aromatic rings. The van der Waals surface area contributed by atoms with Crippen molar-refractivity contribution in [3.63, 3.8) is 0 Å². The first-order valence-electron chi connectivity index (χ1n) is 4.91. The molecule has 0 rings (SSSR count). The highest BCUT2D eigenvalue weighted by atomic mass is 35.5. The van der Waals surface area contributed by atoms with Gasteiger partial charge in [0.05, 0.1) is 0 Å². The summed E-state index contributed by atoms with van der Waals surface area (Å²) in [4.78, 5) is 23.1. The van der Waals surface area contributed by atoms with Crippen LogP contribution in [0.1, 0.15) is 33.6 Å². The van der Waals surface area contributed by atoms with E-state index in [-0.39, 0.29) is 0 Å². The molecule has 0 saturated heterocycles. The van der Waals surface area contributed by atoms with E-state index in [0.717, 1.165) is 11.3 Å². The molecule has 0 atom stereocenters. The second kappa shape index (κ2) is 6.67. The van der Waals surface area contributed by atoms with Gasteiger partial charge in [-0.15, -0.1) is 11.6 Å². The van der Waals surface area contributed by atoms with Gasteiger partial charge in [0.2, 0.25) is 6.41 Å². The second-order valence-corrected chi connectivity index (χ2v) is 4.55. The van der Waals surface area contributed by atoms with Crippen molar-refractivity contribution in [3.8, 4) is 0 Å². The lowest BCUT2D eigenvalue weighted by Gasteiger charge is -2.23. The highest BCUT2D eigenvalue weighted by Gasteiger charge is 2.21. The number of carbonyl (C=O) groups is 2. The minimum Gasteiger partial charge on any atom is -0.443 e. The monoisotopic (exact) mass is 235 g/mol. The van der Waals surface area contributed by atoms with Gasteiger partial charge in [0.1, 0.15) is 5.60 Å². The lowest BCUT2D eigenvalue weighted by Crippen LogP contribution is -2.36. The molecule has 0 spiro atoms. The van der Waals surface area contributed by atoms with Gasteiger partial charge in [-0.2, -0.15) is 0 Å². The summed E-state index contributed by atoms with van der Waals surface area (Å²) in [5, 5.41) is 0. The summed E-state index contributed by atoms with van der Waals surface area (Å²) in [7, 11) is 0. The molecule has 0 radical (unpaired) electrons. The van der Waals surface area contributed by atoms with Crippen LogP contribution >= 0.6 is 11.6 Å². The molecule has 0 N–H and O–H groups in total. The summed E-state index contributed by atoms with van der Waals surface area (Å²) < 4.78 is 5.04. The Morgan fingerprint density at radius 3 is 2.40 bits per heavy atom. The molecular formula is C10H18ClNO3. The van der Waals surface area contributed by atoms with Crippen molar-refractivity contribution in [1.29, 1.82) is 0 Å². The van der Waals surface area contributed by atoms with Crippen molar-refractivity contribution in [2.24, 2.45) is 0 Å². The Bertz CT molecular complexity index is 213. The molecule has 5 heteroatoms. The smallest absolute Gasteiger partial charge is 0.416 e. The Balaban J connectivity index is 4.05. The number of amides is 2. The van der Waals surface area contributed by atoms with E-state index in [9.17, 15) is 9.59 Å². The molecule has 0 aliphatic heterocycles. The average molecular weight is 236 g/mol. The number of imide groups is 1. The minimum atomic E-state index is -0.605. The molecule has 0 unspecified atom stereocenters. The van der Waals surface area contributed by atoms with Crippen LogP contribution in [0.3, 0.4) is 0 Å². The second-order valence-electron chi connectivity index (χ2n) is 4.18. The molecule has 88 valence electrons. The summed E-state index contributed by atoms with van der Waals surface area (Å²) in [5.41, 5.74) is -0.579. The van der Waals surface area contributed by atoms with Gasteiger partial charge in [-0.1, -0.05) is 0 Å². The largest absolute Gasteiger partial charge is 0.443 e. The van der Waals surface area contributed by atoms with Crippen LogP contribution in [0, 0.1) is 0 Å². The van der Waals surface area contributed by atoms with Crippen molar-refractivity contribution < 1.29 is 14.3 Å². The summed E-state index contributed by atoms with van der Waals surface area (Å²) in [6.45, 7) is 5.62. The van der Waals surface area contributed by atoms with Gasteiger partial charge in [-0.05, 0) is 33.6 Å². The summed E-state index contributed by atoms with van der Waals surface area (Å²) in [5.74, 6) is 0.529. The van der Waals surface area contributed by atoms with Crippen molar-refractivity contribution in [2.45, 2.75) is 39.2 Å². The Hall–Kier alpha value is -0.770. The fraction of sp³-hybridized carbons (Fsp3) is 0.800. The molecule has 0 aromatic carbocycles. The Morgan fingerprint density at radius 2 is 2.00 bits per heavy atom. The van der Waals surface area contributed by atoms with Crippen molar-refractivity contribution in [2.75, 3.05) is 12.4 Å². The van der Waals surface area contributed by atoms with Crippen LogP contribution in [0.2, 0.25) is 0 Å². The van der Waals surface area contributed by atoms with E-state index in [4.69, 9.17) is 16.3 Å². The molecule has 0 fully saturated rings. The fourth-order valence-electron chi connectivity index (χ4n) is 0.884. The molecule has 0 aromatic heterocycles. The first kappa shape index (κ1) is 14.2. The van der Waals surface area contributed by atoms with Crippen molar-refractivity contribution in [3.05, 3.63) is 0 Å². The van der Waals surface area contributed by atoms with E-state index in [2.05, 4.69) is 0 Å². The molecule has 0 heterocycles. The van der Waals surface area contributed by atoms with Crippen molar-refractivity contribution >= 4 is 24.1 Å². The van der Waals surface area contributed by atoms with E-state index >= 15 is 0 Å². The molecule has 2 amide bonds. The zero-order chi connectivity index (χ0) is 11.9. The minimum absolute atomic E-state index is 0.352. The van der Waals surface area contributed by atoms with Gasteiger partial charge in [0.15, 0.2) is 0 Å². The van der Waals surface area contributed by atoms with Crippen LogP contribution in [0.4, 0.5) is 4.79 Å². The fourth-order valence-corrected chi connectivity index (χ4v) is 1.07. The molecule has 0 bridgehead atoms.